The standard InChI is InChI=1S/C24H27F3N8O/c1-16-30-19(24(25,26)27)10-20(31-16)34-14-23(15-34)6-8-33(13-23)21-12-28-11-17(32-21)18-5-7-29-35(18)22-4-2-3-9-36-22/h5,7,10-12,22H,2-4,6,8-9,13-15H2,1H3. The first kappa shape index (κ1) is 23.1. The molecule has 12 heteroatoms. The highest BCUT2D eigenvalue weighted by Gasteiger charge is 2.49. The monoisotopic (exact) mass is 500 g/mol. The minimum Gasteiger partial charge on any atom is -0.356 e. The zero-order chi connectivity index (χ0) is 24.9. The van der Waals surface area contributed by atoms with Gasteiger partial charge in [0.2, 0.25) is 0 Å². The van der Waals surface area contributed by atoms with Gasteiger partial charge in [-0.05, 0) is 38.7 Å². The molecule has 3 fully saturated rings. The zero-order valence-electron chi connectivity index (χ0n) is 19.9. The van der Waals surface area contributed by atoms with E-state index < -0.39 is 11.9 Å². The molecular formula is C24H27F3N8O. The van der Waals surface area contributed by atoms with Gasteiger partial charge in [0.1, 0.15) is 28.8 Å². The van der Waals surface area contributed by atoms with E-state index in [0.29, 0.717) is 18.9 Å². The molecule has 0 aromatic carbocycles. The van der Waals surface area contributed by atoms with E-state index in [4.69, 9.17) is 9.72 Å². The van der Waals surface area contributed by atoms with Gasteiger partial charge in [0, 0.05) is 50.5 Å². The number of anilines is 2. The van der Waals surface area contributed by atoms with Gasteiger partial charge < -0.3 is 14.5 Å². The normalized spacial score (nSPS) is 21.7. The summed E-state index contributed by atoms with van der Waals surface area (Å²) in [5.74, 6) is 1.25. The average molecular weight is 501 g/mol. The first-order valence-electron chi connectivity index (χ1n) is 12.2. The number of aromatic nitrogens is 6. The van der Waals surface area contributed by atoms with Gasteiger partial charge in [-0.1, -0.05) is 0 Å². The fourth-order valence-electron chi connectivity index (χ4n) is 5.47. The number of nitrogens with zero attached hydrogens (tertiary/aromatic N) is 8. The molecule has 0 radical (unpaired) electrons. The Bertz CT molecular complexity index is 1250. The van der Waals surface area contributed by atoms with Gasteiger partial charge in [-0.25, -0.2) is 19.6 Å². The highest BCUT2D eigenvalue weighted by Crippen LogP contribution is 2.43. The predicted molar refractivity (Wildman–Crippen MR) is 125 cm³/mol. The SMILES string of the molecule is Cc1nc(N2CC3(CCN(c4cncc(-c5ccnn5C5CCCCO5)n4)C3)C2)cc(C(F)(F)F)n1. The Kier molecular flexibility index (Phi) is 5.58. The lowest BCUT2D eigenvalue weighted by Crippen LogP contribution is -2.58. The van der Waals surface area contributed by atoms with Gasteiger partial charge in [-0.15, -0.1) is 0 Å². The molecule has 36 heavy (non-hydrogen) atoms. The van der Waals surface area contributed by atoms with Crippen molar-refractivity contribution in [3.8, 4) is 11.4 Å². The molecule has 1 unspecified atom stereocenters. The molecule has 6 rings (SSSR count). The Morgan fingerprint density at radius 3 is 2.64 bits per heavy atom. The van der Waals surface area contributed by atoms with Crippen LogP contribution in [0.3, 0.4) is 0 Å². The maximum absolute atomic E-state index is 13.2. The number of hydrogen-bond donors (Lipinski definition) is 0. The van der Waals surface area contributed by atoms with Crippen molar-refractivity contribution in [2.45, 2.75) is 45.0 Å². The Balaban J connectivity index is 1.16. The van der Waals surface area contributed by atoms with Crippen LogP contribution in [0.4, 0.5) is 24.8 Å². The van der Waals surface area contributed by atoms with Crippen molar-refractivity contribution < 1.29 is 17.9 Å². The molecule has 6 heterocycles. The first-order chi connectivity index (χ1) is 17.3. The lowest BCUT2D eigenvalue weighted by molar-refractivity contribution is -0.141. The molecule has 0 aliphatic carbocycles. The van der Waals surface area contributed by atoms with Gasteiger partial charge in [0.15, 0.2) is 6.23 Å². The molecule has 3 aliphatic rings. The van der Waals surface area contributed by atoms with Crippen molar-refractivity contribution in [1.29, 1.82) is 0 Å². The Labute approximate surface area is 206 Å². The van der Waals surface area contributed by atoms with Crippen molar-refractivity contribution >= 4 is 11.6 Å². The smallest absolute Gasteiger partial charge is 0.356 e. The minimum absolute atomic E-state index is 0.00730. The Morgan fingerprint density at radius 2 is 1.86 bits per heavy atom. The van der Waals surface area contributed by atoms with Crippen LogP contribution in [0.2, 0.25) is 0 Å². The molecule has 0 saturated carbocycles. The largest absolute Gasteiger partial charge is 0.433 e. The van der Waals surface area contributed by atoms with Crippen molar-refractivity contribution in [2.24, 2.45) is 5.41 Å². The van der Waals surface area contributed by atoms with Gasteiger partial charge in [0.25, 0.3) is 0 Å². The third-order valence-electron chi connectivity index (χ3n) is 7.24. The molecule has 0 N–H and O–H groups in total. The maximum Gasteiger partial charge on any atom is 0.433 e. The van der Waals surface area contributed by atoms with E-state index in [1.165, 1.54) is 6.92 Å². The fourth-order valence-corrected chi connectivity index (χ4v) is 5.47. The summed E-state index contributed by atoms with van der Waals surface area (Å²) >= 11 is 0. The van der Waals surface area contributed by atoms with Gasteiger partial charge in [-0.2, -0.15) is 18.3 Å². The average Bonchev–Trinajstić information content (AvgIpc) is 3.51. The molecular weight excluding hydrogens is 473 g/mol. The van der Waals surface area contributed by atoms with Crippen LogP contribution in [0, 0.1) is 12.3 Å². The summed E-state index contributed by atoms with van der Waals surface area (Å²) in [6, 6.07) is 2.97. The Morgan fingerprint density at radius 1 is 1.03 bits per heavy atom. The van der Waals surface area contributed by atoms with E-state index in [1.807, 2.05) is 15.6 Å². The molecule has 3 aromatic rings. The highest BCUT2D eigenvalue weighted by molar-refractivity contribution is 5.57. The summed E-state index contributed by atoms with van der Waals surface area (Å²) in [6.45, 7) is 5.10. The predicted octanol–water partition coefficient (Wildman–Crippen LogP) is 3.87. The molecule has 0 bridgehead atoms. The highest BCUT2D eigenvalue weighted by atomic mass is 19.4. The van der Waals surface area contributed by atoms with E-state index in [9.17, 15) is 13.2 Å². The molecule has 3 aliphatic heterocycles. The summed E-state index contributed by atoms with van der Waals surface area (Å²) < 4.78 is 47.4. The van der Waals surface area contributed by atoms with Crippen molar-refractivity contribution in [2.75, 3.05) is 42.6 Å². The minimum atomic E-state index is -4.49. The number of halogens is 3. The van der Waals surface area contributed by atoms with Gasteiger partial charge in [0.05, 0.1) is 18.1 Å². The summed E-state index contributed by atoms with van der Waals surface area (Å²) in [5.41, 5.74) is 0.710. The first-order valence-corrected chi connectivity index (χ1v) is 12.2. The van der Waals surface area contributed by atoms with Gasteiger partial charge in [-0.3, -0.25) is 4.98 Å². The second kappa shape index (κ2) is 8.68. The number of alkyl halides is 3. The van der Waals surface area contributed by atoms with Crippen LogP contribution >= 0.6 is 0 Å². The van der Waals surface area contributed by atoms with E-state index >= 15 is 0 Å². The van der Waals surface area contributed by atoms with Crippen molar-refractivity contribution in [3.05, 3.63) is 42.2 Å². The molecule has 3 aromatic heterocycles. The number of ether oxygens (including phenoxy) is 1. The molecule has 0 amide bonds. The van der Waals surface area contributed by atoms with Crippen LogP contribution in [-0.4, -0.2) is 62.5 Å². The van der Waals surface area contributed by atoms with Crippen molar-refractivity contribution in [1.82, 2.24) is 29.7 Å². The van der Waals surface area contributed by atoms with E-state index in [-0.39, 0.29) is 17.5 Å². The number of rotatable bonds is 4. The third kappa shape index (κ3) is 4.27. The van der Waals surface area contributed by atoms with Crippen LogP contribution in [0.1, 0.15) is 43.4 Å². The third-order valence-corrected chi connectivity index (χ3v) is 7.24. The molecule has 1 spiro atoms. The summed E-state index contributed by atoms with van der Waals surface area (Å²) in [6.07, 6.45) is 4.71. The van der Waals surface area contributed by atoms with Crippen LogP contribution < -0.4 is 9.80 Å². The maximum atomic E-state index is 13.2. The van der Waals surface area contributed by atoms with E-state index in [1.54, 1.807) is 18.6 Å². The second-order valence-electron chi connectivity index (χ2n) is 9.93. The summed E-state index contributed by atoms with van der Waals surface area (Å²) in [5, 5.41) is 4.48. The molecule has 1 atom stereocenters. The Hall–Kier alpha value is -3.28. The van der Waals surface area contributed by atoms with Crippen molar-refractivity contribution in [3.63, 3.8) is 0 Å². The van der Waals surface area contributed by atoms with Crippen LogP contribution in [0.5, 0.6) is 0 Å². The van der Waals surface area contributed by atoms with E-state index in [0.717, 1.165) is 68.7 Å². The van der Waals surface area contributed by atoms with Crippen LogP contribution in [0.25, 0.3) is 11.4 Å². The van der Waals surface area contributed by atoms with E-state index in [2.05, 4.69) is 25.0 Å². The number of hydrogen-bond acceptors (Lipinski definition) is 8. The quantitative estimate of drug-likeness (QED) is 0.534. The lowest BCUT2D eigenvalue weighted by atomic mass is 9.79. The summed E-state index contributed by atoms with van der Waals surface area (Å²) in [7, 11) is 0. The fraction of sp³-hybridized carbons (Fsp3) is 0.542. The van der Waals surface area contributed by atoms with Crippen LogP contribution in [-0.2, 0) is 10.9 Å². The topological polar surface area (TPSA) is 85.1 Å². The molecule has 3 saturated heterocycles. The van der Waals surface area contributed by atoms with Crippen LogP contribution in [0.15, 0.2) is 30.7 Å². The second-order valence-corrected chi connectivity index (χ2v) is 9.93. The van der Waals surface area contributed by atoms with Gasteiger partial charge >= 0.3 is 6.18 Å². The summed E-state index contributed by atoms with van der Waals surface area (Å²) in [4.78, 5) is 21.2. The zero-order valence-corrected chi connectivity index (χ0v) is 19.9. The lowest BCUT2D eigenvalue weighted by Gasteiger charge is -2.48. The molecule has 190 valence electrons. The number of aryl methyl sites for hydroxylation is 1. The molecule has 9 nitrogen and oxygen atoms in total.